The van der Waals surface area contributed by atoms with Crippen LogP contribution in [0.5, 0.6) is 0 Å². The summed E-state index contributed by atoms with van der Waals surface area (Å²) in [6, 6.07) is 11.7. The van der Waals surface area contributed by atoms with Gasteiger partial charge < -0.3 is 20.0 Å². The van der Waals surface area contributed by atoms with E-state index in [9.17, 15) is 4.79 Å². The van der Waals surface area contributed by atoms with Gasteiger partial charge in [0.15, 0.2) is 0 Å². The number of carbonyl (C=O) groups is 1. The van der Waals surface area contributed by atoms with Gasteiger partial charge in [0.1, 0.15) is 11.5 Å². The van der Waals surface area contributed by atoms with Crippen molar-refractivity contribution in [3.63, 3.8) is 0 Å². The number of urea groups is 1. The van der Waals surface area contributed by atoms with Gasteiger partial charge in [0.2, 0.25) is 0 Å². The fourth-order valence-corrected chi connectivity index (χ4v) is 2.74. The van der Waals surface area contributed by atoms with Crippen LogP contribution in [0.3, 0.4) is 0 Å². The van der Waals surface area contributed by atoms with Crippen LogP contribution in [0.1, 0.15) is 30.0 Å². The van der Waals surface area contributed by atoms with Crippen molar-refractivity contribution in [2.75, 3.05) is 18.0 Å². The predicted octanol–water partition coefficient (Wildman–Crippen LogP) is 3.52. The molecule has 3 rings (SSSR count). The van der Waals surface area contributed by atoms with Crippen molar-refractivity contribution in [3.05, 3.63) is 65.6 Å². The average molecular weight is 325 g/mol. The molecule has 1 aliphatic heterocycles. The lowest BCUT2D eigenvalue weighted by Crippen LogP contribution is -2.36. The number of rotatable bonds is 5. The van der Waals surface area contributed by atoms with E-state index in [0.717, 1.165) is 30.2 Å². The third-order valence-electron chi connectivity index (χ3n) is 4.08. The van der Waals surface area contributed by atoms with Gasteiger partial charge in [-0.2, -0.15) is 0 Å². The molecule has 0 saturated carbocycles. The van der Waals surface area contributed by atoms with Gasteiger partial charge in [0.25, 0.3) is 0 Å². The summed E-state index contributed by atoms with van der Waals surface area (Å²) in [6.07, 6.45) is 4.33. The number of nitrogens with one attached hydrogen (secondary N) is 2. The molecule has 24 heavy (non-hydrogen) atoms. The maximum Gasteiger partial charge on any atom is 0.315 e. The van der Waals surface area contributed by atoms with E-state index >= 15 is 0 Å². The summed E-state index contributed by atoms with van der Waals surface area (Å²) in [5, 5.41) is 5.78. The molecule has 5 heteroatoms. The third-order valence-corrected chi connectivity index (χ3v) is 4.08. The highest BCUT2D eigenvalue weighted by Gasteiger charge is 2.13. The van der Waals surface area contributed by atoms with Crippen LogP contribution in [-0.2, 0) is 6.54 Å². The Hall–Kier alpha value is -2.69. The van der Waals surface area contributed by atoms with E-state index in [1.54, 1.807) is 0 Å². The summed E-state index contributed by atoms with van der Waals surface area (Å²) in [6.45, 7) is 6.16. The molecule has 0 bridgehead atoms. The van der Waals surface area contributed by atoms with E-state index in [1.807, 2.05) is 38.1 Å². The van der Waals surface area contributed by atoms with Gasteiger partial charge >= 0.3 is 6.03 Å². The van der Waals surface area contributed by atoms with Gasteiger partial charge in [-0.25, -0.2) is 4.79 Å². The quantitative estimate of drug-likeness (QED) is 0.827. The van der Waals surface area contributed by atoms with E-state index in [1.165, 1.54) is 5.69 Å². The molecule has 2 heterocycles. The van der Waals surface area contributed by atoms with Crippen molar-refractivity contribution in [1.82, 2.24) is 10.6 Å². The number of furan rings is 1. The number of hydrogen-bond acceptors (Lipinski definition) is 3. The van der Waals surface area contributed by atoms with Crippen molar-refractivity contribution < 1.29 is 9.21 Å². The zero-order valence-corrected chi connectivity index (χ0v) is 14.1. The number of carbonyl (C=O) groups excluding carboxylic acids is 1. The van der Waals surface area contributed by atoms with Crippen LogP contribution < -0.4 is 15.5 Å². The van der Waals surface area contributed by atoms with Crippen molar-refractivity contribution in [1.29, 1.82) is 0 Å². The number of benzene rings is 1. The number of amides is 2. The lowest BCUT2D eigenvalue weighted by molar-refractivity contribution is 0.235. The van der Waals surface area contributed by atoms with E-state index in [2.05, 4.69) is 39.8 Å². The fraction of sp³-hybridized carbons (Fsp3) is 0.316. The lowest BCUT2D eigenvalue weighted by atomic mass is 10.2. The summed E-state index contributed by atoms with van der Waals surface area (Å²) in [5.41, 5.74) is 2.26. The summed E-state index contributed by atoms with van der Waals surface area (Å²) in [7, 11) is 0. The van der Waals surface area contributed by atoms with E-state index in [4.69, 9.17) is 4.42 Å². The molecule has 0 saturated heterocycles. The molecule has 0 unspecified atom stereocenters. The minimum atomic E-state index is -0.204. The van der Waals surface area contributed by atoms with Crippen LogP contribution in [0.2, 0.25) is 0 Å². The van der Waals surface area contributed by atoms with Gasteiger partial charge in [-0.05, 0) is 43.7 Å². The minimum absolute atomic E-state index is 0.166. The normalized spacial score (nSPS) is 14.7. The Labute approximate surface area is 142 Å². The molecule has 1 aromatic carbocycles. The van der Waals surface area contributed by atoms with Crippen LogP contribution in [0, 0.1) is 6.92 Å². The third kappa shape index (κ3) is 3.98. The van der Waals surface area contributed by atoms with Crippen LogP contribution in [0.15, 0.2) is 53.0 Å². The Kier molecular flexibility index (Phi) is 4.89. The summed E-state index contributed by atoms with van der Waals surface area (Å²) < 4.78 is 5.53. The molecule has 2 aromatic rings. The first-order chi connectivity index (χ1) is 11.6. The highest BCUT2D eigenvalue weighted by atomic mass is 16.3. The van der Waals surface area contributed by atoms with E-state index in [-0.39, 0.29) is 12.1 Å². The van der Waals surface area contributed by atoms with Gasteiger partial charge in [0, 0.05) is 25.3 Å². The number of anilines is 1. The van der Waals surface area contributed by atoms with Gasteiger partial charge in [0.05, 0.1) is 6.04 Å². The second-order valence-corrected chi connectivity index (χ2v) is 6.04. The molecule has 126 valence electrons. The smallest absolute Gasteiger partial charge is 0.315 e. The average Bonchev–Trinajstić information content (AvgIpc) is 3.25. The van der Waals surface area contributed by atoms with Gasteiger partial charge in [-0.1, -0.05) is 24.3 Å². The Balaban J connectivity index is 1.51. The second-order valence-electron chi connectivity index (χ2n) is 6.04. The molecular formula is C19H23N3O2. The second kappa shape index (κ2) is 7.25. The molecule has 1 atom stereocenters. The van der Waals surface area contributed by atoms with Gasteiger partial charge in [-0.15, -0.1) is 0 Å². The Morgan fingerprint density at radius 2 is 2.04 bits per heavy atom. The molecule has 2 amide bonds. The van der Waals surface area contributed by atoms with Crippen LogP contribution in [-0.4, -0.2) is 19.1 Å². The number of nitrogens with zero attached hydrogens (tertiary/aromatic N) is 1. The van der Waals surface area contributed by atoms with Crippen molar-refractivity contribution in [3.8, 4) is 0 Å². The summed E-state index contributed by atoms with van der Waals surface area (Å²) >= 11 is 0. The van der Waals surface area contributed by atoms with Crippen LogP contribution in [0.25, 0.3) is 0 Å². The predicted molar refractivity (Wildman–Crippen MR) is 95.0 cm³/mol. The van der Waals surface area contributed by atoms with E-state index < -0.39 is 0 Å². The van der Waals surface area contributed by atoms with Crippen molar-refractivity contribution in [2.24, 2.45) is 0 Å². The monoisotopic (exact) mass is 325 g/mol. The maximum absolute atomic E-state index is 12.1. The number of hydrogen-bond donors (Lipinski definition) is 2. The van der Waals surface area contributed by atoms with Crippen molar-refractivity contribution >= 4 is 11.7 Å². The van der Waals surface area contributed by atoms with Crippen molar-refractivity contribution in [2.45, 2.75) is 26.4 Å². The first-order valence-corrected chi connectivity index (χ1v) is 8.21. The zero-order chi connectivity index (χ0) is 16.9. The molecule has 0 spiro atoms. The van der Waals surface area contributed by atoms with Crippen LogP contribution >= 0.6 is 0 Å². The molecule has 1 aromatic heterocycles. The maximum atomic E-state index is 12.1. The highest BCUT2D eigenvalue weighted by Crippen LogP contribution is 2.18. The first-order valence-electron chi connectivity index (χ1n) is 8.21. The standard InChI is InChI=1S/C19H23N3O2/c1-14-8-9-18(24-14)15(2)21-19(23)20-13-16-6-5-7-17(12-16)22-10-3-4-11-22/h3-9,12,15H,10-11,13H2,1-2H3,(H2,20,21,23)/t15-/m1/s1. The molecule has 0 radical (unpaired) electrons. The molecule has 2 N–H and O–H groups in total. The molecule has 0 fully saturated rings. The SMILES string of the molecule is Cc1ccc([C@@H](C)NC(=O)NCc2cccc(N3CC=CC3)c2)o1. The van der Waals surface area contributed by atoms with Gasteiger partial charge in [-0.3, -0.25) is 0 Å². The van der Waals surface area contributed by atoms with Crippen LogP contribution in [0.4, 0.5) is 10.5 Å². The molecular weight excluding hydrogens is 302 g/mol. The summed E-state index contributed by atoms with van der Waals surface area (Å²) in [4.78, 5) is 14.3. The molecule has 5 nitrogen and oxygen atoms in total. The minimum Gasteiger partial charge on any atom is -0.464 e. The lowest BCUT2D eigenvalue weighted by Gasteiger charge is -2.18. The Morgan fingerprint density at radius 1 is 1.25 bits per heavy atom. The highest BCUT2D eigenvalue weighted by molar-refractivity contribution is 5.74. The Bertz CT molecular complexity index is 728. The Morgan fingerprint density at radius 3 is 2.75 bits per heavy atom. The fourth-order valence-electron chi connectivity index (χ4n) is 2.74. The molecule has 1 aliphatic rings. The summed E-state index contributed by atoms with van der Waals surface area (Å²) in [5.74, 6) is 1.60. The number of aryl methyl sites for hydroxylation is 1. The zero-order valence-electron chi connectivity index (χ0n) is 14.1. The molecule has 0 aliphatic carbocycles. The first kappa shape index (κ1) is 16.2. The van der Waals surface area contributed by atoms with E-state index in [0.29, 0.717) is 6.54 Å². The topological polar surface area (TPSA) is 57.5 Å². The largest absolute Gasteiger partial charge is 0.464 e.